The average Bonchev–Trinajstić information content (AvgIpc) is 3.70. The van der Waals surface area contributed by atoms with Gasteiger partial charge in [-0.05, 0) is 56.4 Å². The average molecular weight is 644 g/mol. The summed E-state index contributed by atoms with van der Waals surface area (Å²) in [5.74, 6) is -0.743. The van der Waals surface area contributed by atoms with Gasteiger partial charge in [0, 0.05) is 23.1 Å². The number of amides is 1. The van der Waals surface area contributed by atoms with Gasteiger partial charge in [0.1, 0.15) is 16.4 Å². The molecule has 3 aromatic rings. The SMILES string of the molecule is O=C(NC12CC(NS(=O)(=O)c3cc(Oc4c(Cl)cc(-n5nc(C(F)F)c(=O)[nH]c5=O)cc4Cl)ccc3O)(C1)C2)C1CC1. The van der Waals surface area contributed by atoms with Crippen LogP contribution in [0.4, 0.5) is 8.78 Å². The van der Waals surface area contributed by atoms with Crippen LogP contribution in [0, 0.1) is 5.92 Å². The third-order valence-electron chi connectivity index (χ3n) is 7.45. The van der Waals surface area contributed by atoms with Gasteiger partial charge in [-0.1, -0.05) is 23.2 Å². The van der Waals surface area contributed by atoms with Gasteiger partial charge in [-0.25, -0.2) is 26.7 Å². The normalized spacial score (nSPS) is 22.8. The number of hydrogen-bond donors (Lipinski definition) is 4. The van der Waals surface area contributed by atoms with E-state index in [0.29, 0.717) is 23.9 Å². The maximum Gasteiger partial charge on any atom is 0.349 e. The number of aromatic hydroxyl groups is 1. The number of rotatable bonds is 9. The molecular formula is C25H21Cl2F2N5O7S. The minimum absolute atomic E-state index is 0.000984. The fourth-order valence-electron chi connectivity index (χ4n) is 5.47. The summed E-state index contributed by atoms with van der Waals surface area (Å²) in [7, 11) is -4.22. The smallest absolute Gasteiger partial charge is 0.349 e. The van der Waals surface area contributed by atoms with Crippen LogP contribution in [0.25, 0.3) is 5.69 Å². The Kier molecular flexibility index (Phi) is 6.64. The van der Waals surface area contributed by atoms with Crippen LogP contribution in [0.2, 0.25) is 10.0 Å². The molecule has 0 spiro atoms. The third kappa shape index (κ3) is 5.03. The summed E-state index contributed by atoms with van der Waals surface area (Å²) in [6.45, 7) is 0. The quantitative estimate of drug-likeness (QED) is 0.275. The maximum atomic E-state index is 13.2. The first-order chi connectivity index (χ1) is 19.7. The number of aromatic nitrogens is 3. The van der Waals surface area contributed by atoms with Gasteiger partial charge in [-0.2, -0.15) is 9.78 Å². The van der Waals surface area contributed by atoms with Crippen LogP contribution in [-0.2, 0) is 14.8 Å². The summed E-state index contributed by atoms with van der Waals surface area (Å²) in [4.78, 5) is 37.2. The zero-order chi connectivity index (χ0) is 30.2. The van der Waals surface area contributed by atoms with Crippen molar-refractivity contribution in [3.8, 4) is 22.9 Å². The van der Waals surface area contributed by atoms with E-state index < -0.39 is 55.1 Å². The number of alkyl halides is 2. The lowest BCUT2D eigenvalue weighted by atomic mass is 9.44. The van der Waals surface area contributed by atoms with E-state index in [2.05, 4.69) is 15.1 Å². The van der Waals surface area contributed by atoms with Crippen LogP contribution in [0.3, 0.4) is 0 Å². The standard InChI is InChI=1S/C25H21Cl2F2N5O7S/c26-14-5-12(34-23(38)30-22(37)18(32-34)20(28)29)6-15(27)19(14)41-13-3-4-16(35)17(7-13)42(39,40)33-25-8-24(9-25,10-25)31-21(36)11-1-2-11/h3-7,11,20,33,35H,1-2,8-10H2,(H,31,36)(H,30,37,38). The Morgan fingerprint density at radius 1 is 1.12 bits per heavy atom. The number of H-pyrrole nitrogens is 1. The number of halogens is 4. The monoisotopic (exact) mass is 643 g/mol. The molecule has 12 nitrogen and oxygen atoms in total. The largest absolute Gasteiger partial charge is 0.507 e. The van der Waals surface area contributed by atoms with E-state index in [1.54, 1.807) is 4.98 Å². The van der Waals surface area contributed by atoms with E-state index in [9.17, 15) is 36.7 Å². The zero-order valence-electron chi connectivity index (χ0n) is 21.3. The Bertz CT molecular complexity index is 1830. The molecule has 222 valence electrons. The zero-order valence-corrected chi connectivity index (χ0v) is 23.6. The number of benzene rings is 2. The molecule has 4 saturated carbocycles. The van der Waals surface area contributed by atoms with Crippen molar-refractivity contribution in [2.75, 3.05) is 0 Å². The van der Waals surface area contributed by atoms with Crippen molar-refractivity contribution in [3.05, 3.63) is 66.9 Å². The van der Waals surface area contributed by atoms with Gasteiger partial charge < -0.3 is 15.2 Å². The highest BCUT2D eigenvalue weighted by Gasteiger charge is 2.70. The van der Waals surface area contributed by atoms with Crippen molar-refractivity contribution >= 4 is 39.1 Å². The minimum Gasteiger partial charge on any atom is -0.507 e. The van der Waals surface area contributed by atoms with Crippen LogP contribution in [-0.4, -0.2) is 45.3 Å². The van der Waals surface area contributed by atoms with Gasteiger partial charge in [0.2, 0.25) is 15.9 Å². The number of carbonyl (C=O) groups is 1. The van der Waals surface area contributed by atoms with Gasteiger partial charge in [0.25, 0.3) is 12.0 Å². The van der Waals surface area contributed by atoms with Crippen LogP contribution in [0.15, 0.2) is 44.8 Å². The van der Waals surface area contributed by atoms with Crippen LogP contribution in [0.5, 0.6) is 17.2 Å². The molecular weight excluding hydrogens is 623 g/mol. The number of nitrogens with one attached hydrogen (secondary N) is 3. The Hall–Kier alpha value is -3.53. The minimum atomic E-state index is -4.22. The fraction of sp³-hybridized carbons (Fsp3) is 0.360. The van der Waals surface area contributed by atoms with Crippen LogP contribution >= 0.6 is 23.2 Å². The Balaban J connectivity index is 1.21. The number of phenols is 1. The third-order valence-corrected chi connectivity index (χ3v) is 9.62. The Labute approximate surface area is 245 Å². The van der Waals surface area contributed by atoms with Gasteiger partial charge in [0.15, 0.2) is 11.4 Å². The highest BCUT2D eigenvalue weighted by Crippen LogP contribution is 2.61. The number of sulfonamides is 1. The highest BCUT2D eigenvalue weighted by atomic mass is 35.5. The first kappa shape index (κ1) is 28.6. The Morgan fingerprint density at radius 2 is 1.76 bits per heavy atom. The van der Waals surface area contributed by atoms with E-state index in [1.807, 2.05) is 0 Å². The molecule has 4 N–H and O–H groups in total. The molecule has 0 unspecified atom stereocenters. The molecule has 4 aliphatic carbocycles. The molecule has 1 amide bonds. The van der Waals surface area contributed by atoms with E-state index >= 15 is 0 Å². The number of hydrogen-bond acceptors (Lipinski definition) is 8. The molecule has 1 heterocycles. The molecule has 0 radical (unpaired) electrons. The lowest BCUT2D eigenvalue weighted by Crippen LogP contribution is -2.83. The molecule has 0 atom stereocenters. The molecule has 1 aromatic heterocycles. The summed E-state index contributed by atoms with van der Waals surface area (Å²) in [6.07, 6.45) is -0.194. The Morgan fingerprint density at radius 3 is 2.36 bits per heavy atom. The highest BCUT2D eigenvalue weighted by molar-refractivity contribution is 7.89. The summed E-state index contributed by atoms with van der Waals surface area (Å²) < 4.78 is 61.5. The molecule has 4 aliphatic rings. The molecule has 2 bridgehead atoms. The van der Waals surface area contributed by atoms with Crippen molar-refractivity contribution < 1.29 is 31.8 Å². The summed E-state index contributed by atoms with van der Waals surface area (Å²) in [5.41, 5.74) is -4.93. The van der Waals surface area contributed by atoms with Crippen molar-refractivity contribution in [2.45, 2.75) is 54.5 Å². The van der Waals surface area contributed by atoms with Crippen molar-refractivity contribution in [2.24, 2.45) is 5.92 Å². The second kappa shape index (κ2) is 9.76. The van der Waals surface area contributed by atoms with Crippen LogP contribution < -0.4 is 26.0 Å². The van der Waals surface area contributed by atoms with E-state index in [-0.39, 0.29) is 39.1 Å². The lowest BCUT2D eigenvalue weighted by molar-refractivity contribution is -0.139. The second-order valence-electron chi connectivity index (χ2n) is 10.8. The lowest BCUT2D eigenvalue weighted by Gasteiger charge is -2.70. The van der Waals surface area contributed by atoms with Crippen molar-refractivity contribution in [1.82, 2.24) is 24.8 Å². The summed E-state index contributed by atoms with van der Waals surface area (Å²) >= 11 is 12.6. The number of carbonyl (C=O) groups excluding carboxylic acids is 1. The van der Waals surface area contributed by atoms with Gasteiger partial charge in [-0.15, -0.1) is 0 Å². The topological polar surface area (TPSA) is 172 Å². The first-order valence-electron chi connectivity index (χ1n) is 12.6. The van der Waals surface area contributed by atoms with Gasteiger partial charge in [0.05, 0.1) is 15.7 Å². The number of aromatic amines is 1. The summed E-state index contributed by atoms with van der Waals surface area (Å²) in [5, 5.41) is 16.3. The molecule has 17 heteroatoms. The van der Waals surface area contributed by atoms with Crippen molar-refractivity contribution in [1.29, 1.82) is 0 Å². The van der Waals surface area contributed by atoms with E-state index in [4.69, 9.17) is 27.9 Å². The number of ether oxygens (including phenoxy) is 1. The number of nitrogens with zero attached hydrogens (tertiary/aromatic N) is 2. The summed E-state index contributed by atoms with van der Waals surface area (Å²) in [6, 6.07) is 5.67. The fourth-order valence-corrected chi connectivity index (χ4v) is 7.53. The maximum absolute atomic E-state index is 13.2. The first-order valence-corrected chi connectivity index (χ1v) is 14.8. The van der Waals surface area contributed by atoms with Gasteiger partial charge in [-0.3, -0.25) is 14.6 Å². The van der Waals surface area contributed by atoms with Crippen LogP contribution in [0.1, 0.15) is 44.2 Å². The van der Waals surface area contributed by atoms with Crippen molar-refractivity contribution in [3.63, 3.8) is 0 Å². The molecule has 42 heavy (non-hydrogen) atoms. The number of phenolic OH excluding ortho intramolecular Hbond substituents is 1. The second-order valence-corrected chi connectivity index (χ2v) is 13.3. The predicted molar refractivity (Wildman–Crippen MR) is 144 cm³/mol. The van der Waals surface area contributed by atoms with E-state index in [1.165, 1.54) is 6.07 Å². The van der Waals surface area contributed by atoms with Gasteiger partial charge >= 0.3 is 5.69 Å². The van der Waals surface area contributed by atoms with E-state index in [0.717, 1.165) is 37.1 Å². The molecule has 4 fully saturated rings. The molecule has 0 saturated heterocycles. The molecule has 0 aliphatic heterocycles. The molecule has 7 rings (SSSR count). The predicted octanol–water partition coefficient (Wildman–Crippen LogP) is 3.14. The molecule has 2 aromatic carbocycles.